The number of aryl methyl sites for hydroxylation is 1. The van der Waals surface area contributed by atoms with Gasteiger partial charge >= 0.3 is 0 Å². The average Bonchev–Trinajstić information content (AvgIpc) is 2.84. The van der Waals surface area contributed by atoms with Gasteiger partial charge in [-0.3, -0.25) is 4.68 Å². The molecule has 2 aromatic rings. The van der Waals surface area contributed by atoms with Crippen LogP contribution in [0.1, 0.15) is 24.5 Å². The van der Waals surface area contributed by atoms with Gasteiger partial charge in [-0.2, -0.15) is 5.10 Å². The van der Waals surface area contributed by atoms with Gasteiger partial charge in [-0.25, -0.2) is 0 Å². The van der Waals surface area contributed by atoms with Crippen molar-refractivity contribution in [1.29, 1.82) is 0 Å². The quantitative estimate of drug-likeness (QED) is 0.757. The van der Waals surface area contributed by atoms with Crippen molar-refractivity contribution in [2.45, 2.75) is 26.3 Å². The molecule has 0 aliphatic carbocycles. The van der Waals surface area contributed by atoms with E-state index in [4.69, 9.17) is 0 Å². The Balaban J connectivity index is 1.83. The Morgan fingerprint density at radius 1 is 1.17 bits per heavy atom. The first-order chi connectivity index (χ1) is 8.88. The van der Waals surface area contributed by atoms with Gasteiger partial charge in [0, 0.05) is 6.20 Å². The Labute approximate surface area is 109 Å². The molecule has 1 N–H and O–H groups in total. The highest BCUT2D eigenvalue weighted by molar-refractivity contribution is 5.15. The van der Waals surface area contributed by atoms with Gasteiger partial charge in [-0.05, 0) is 37.1 Å². The summed E-state index contributed by atoms with van der Waals surface area (Å²) >= 11 is 0. The number of benzene rings is 1. The molecular weight excluding hydrogens is 222 g/mol. The van der Waals surface area contributed by atoms with Crippen LogP contribution in [0.25, 0.3) is 0 Å². The summed E-state index contributed by atoms with van der Waals surface area (Å²) in [5.41, 5.74) is 2.61. The minimum Gasteiger partial charge on any atom is -0.317 e. The van der Waals surface area contributed by atoms with E-state index in [-0.39, 0.29) is 0 Å². The molecule has 0 aliphatic rings. The molecule has 0 unspecified atom stereocenters. The summed E-state index contributed by atoms with van der Waals surface area (Å²) in [5.74, 6) is 0. The molecule has 2 rings (SSSR count). The van der Waals surface area contributed by atoms with E-state index >= 15 is 0 Å². The molecule has 3 nitrogen and oxygen atoms in total. The molecule has 0 aliphatic heterocycles. The zero-order valence-electron chi connectivity index (χ0n) is 11.0. The van der Waals surface area contributed by atoms with Gasteiger partial charge in [0.2, 0.25) is 0 Å². The SMILES string of the molecule is CCNCCCc1cnn(Cc2ccccc2)c1. The van der Waals surface area contributed by atoms with Crippen molar-refractivity contribution in [1.82, 2.24) is 15.1 Å². The molecule has 0 spiro atoms. The molecule has 1 heterocycles. The summed E-state index contributed by atoms with van der Waals surface area (Å²) in [4.78, 5) is 0. The number of hydrogen-bond donors (Lipinski definition) is 1. The molecule has 3 heteroatoms. The van der Waals surface area contributed by atoms with Crippen molar-refractivity contribution in [3.63, 3.8) is 0 Å². The van der Waals surface area contributed by atoms with Crippen LogP contribution in [0.3, 0.4) is 0 Å². The number of aromatic nitrogens is 2. The topological polar surface area (TPSA) is 29.9 Å². The van der Waals surface area contributed by atoms with Crippen molar-refractivity contribution in [2.75, 3.05) is 13.1 Å². The standard InChI is InChI=1S/C15H21N3/c1-2-16-10-6-9-15-11-17-18(13-15)12-14-7-4-3-5-8-14/h3-5,7-8,11,13,16H,2,6,9-10,12H2,1H3. The lowest BCUT2D eigenvalue weighted by Gasteiger charge is -2.01. The maximum absolute atomic E-state index is 4.41. The van der Waals surface area contributed by atoms with E-state index in [1.807, 2.05) is 16.9 Å². The maximum Gasteiger partial charge on any atom is 0.0659 e. The molecule has 18 heavy (non-hydrogen) atoms. The summed E-state index contributed by atoms with van der Waals surface area (Å²) < 4.78 is 2.01. The van der Waals surface area contributed by atoms with Crippen molar-refractivity contribution < 1.29 is 0 Å². The molecule has 1 aromatic carbocycles. The fourth-order valence-corrected chi connectivity index (χ4v) is 1.99. The molecule has 0 fully saturated rings. The molecule has 0 amide bonds. The molecule has 96 valence electrons. The number of rotatable bonds is 7. The lowest BCUT2D eigenvalue weighted by atomic mass is 10.2. The van der Waals surface area contributed by atoms with Crippen molar-refractivity contribution >= 4 is 0 Å². The van der Waals surface area contributed by atoms with Gasteiger partial charge in [0.1, 0.15) is 0 Å². The zero-order chi connectivity index (χ0) is 12.6. The molecule has 0 radical (unpaired) electrons. The maximum atomic E-state index is 4.41. The highest BCUT2D eigenvalue weighted by Crippen LogP contribution is 2.05. The van der Waals surface area contributed by atoms with Crippen molar-refractivity contribution in [3.8, 4) is 0 Å². The first kappa shape index (κ1) is 12.8. The van der Waals surface area contributed by atoms with E-state index in [0.29, 0.717) is 0 Å². The van der Waals surface area contributed by atoms with Gasteiger partial charge in [0.25, 0.3) is 0 Å². The Morgan fingerprint density at radius 2 is 2.00 bits per heavy atom. The summed E-state index contributed by atoms with van der Waals surface area (Å²) in [6.07, 6.45) is 6.40. The predicted octanol–water partition coefficient (Wildman–Crippen LogP) is 2.47. The fourth-order valence-electron chi connectivity index (χ4n) is 1.99. The van der Waals surface area contributed by atoms with Gasteiger partial charge in [-0.15, -0.1) is 0 Å². The third-order valence-electron chi connectivity index (χ3n) is 2.94. The van der Waals surface area contributed by atoms with Gasteiger partial charge in [0.15, 0.2) is 0 Å². The summed E-state index contributed by atoms with van der Waals surface area (Å²) in [7, 11) is 0. The van der Waals surface area contributed by atoms with E-state index in [9.17, 15) is 0 Å². The lowest BCUT2D eigenvalue weighted by Crippen LogP contribution is -2.14. The van der Waals surface area contributed by atoms with Crippen LogP contribution in [0.2, 0.25) is 0 Å². The minimum absolute atomic E-state index is 0.855. The molecule has 0 saturated heterocycles. The molecule has 1 aromatic heterocycles. The summed E-state index contributed by atoms with van der Waals surface area (Å²) in [5, 5.41) is 7.74. The normalized spacial score (nSPS) is 10.7. The Kier molecular flexibility index (Phi) is 4.97. The van der Waals surface area contributed by atoms with E-state index in [1.165, 1.54) is 17.5 Å². The smallest absolute Gasteiger partial charge is 0.0659 e. The second-order valence-electron chi connectivity index (χ2n) is 4.49. The van der Waals surface area contributed by atoms with E-state index in [1.54, 1.807) is 0 Å². The Morgan fingerprint density at radius 3 is 2.78 bits per heavy atom. The van der Waals surface area contributed by atoms with Crippen LogP contribution in [0.4, 0.5) is 0 Å². The van der Waals surface area contributed by atoms with Crippen LogP contribution < -0.4 is 5.32 Å². The lowest BCUT2D eigenvalue weighted by molar-refractivity contribution is 0.669. The van der Waals surface area contributed by atoms with Crippen LogP contribution >= 0.6 is 0 Å². The molecule has 0 atom stereocenters. The van der Waals surface area contributed by atoms with Crippen LogP contribution in [0, 0.1) is 0 Å². The first-order valence-electron chi connectivity index (χ1n) is 6.64. The second-order valence-corrected chi connectivity index (χ2v) is 4.49. The molecule has 0 saturated carbocycles. The highest BCUT2D eigenvalue weighted by Gasteiger charge is 1.99. The van der Waals surface area contributed by atoms with Crippen LogP contribution in [-0.2, 0) is 13.0 Å². The molecule has 0 bridgehead atoms. The highest BCUT2D eigenvalue weighted by atomic mass is 15.3. The van der Waals surface area contributed by atoms with Gasteiger partial charge in [0.05, 0.1) is 12.7 Å². The average molecular weight is 243 g/mol. The predicted molar refractivity (Wildman–Crippen MR) is 74.6 cm³/mol. The van der Waals surface area contributed by atoms with Crippen molar-refractivity contribution in [2.24, 2.45) is 0 Å². The Hall–Kier alpha value is -1.61. The number of hydrogen-bond acceptors (Lipinski definition) is 2. The van der Waals surface area contributed by atoms with Crippen LogP contribution in [-0.4, -0.2) is 22.9 Å². The minimum atomic E-state index is 0.855. The number of nitrogens with zero attached hydrogens (tertiary/aromatic N) is 2. The zero-order valence-corrected chi connectivity index (χ0v) is 11.0. The largest absolute Gasteiger partial charge is 0.317 e. The first-order valence-corrected chi connectivity index (χ1v) is 6.64. The monoisotopic (exact) mass is 243 g/mol. The number of nitrogens with one attached hydrogen (secondary N) is 1. The fraction of sp³-hybridized carbons (Fsp3) is 0.400. The van der Waals surface area contributed by atoms with E-state index < -0.39 is 0 Å². The third-order valence-corrected chi connectivity index (χ3v) is 2.94. The second kappa shape index (κ2) is 6.97. The van der Waals surface area contributed by atoms with Crippen molar-refractivity contribution in [3.05, 3.63) is 53.9 Å². The molecular formula is C15H21N3. The van der Waals surface area contributed by atoms with E-state index in [2.05, 4.69) is 47.8 Å². The summed E-state index contributed by atoms with van der Waals surface area (Å²) in [6, 6.07) is 10.4. The summed E-state index contributed by atoms with van der Waals surface area (Å²) in [6.45, 7) is 5.12. The van der Waals surface area contributed by atoms with Crippen LogP contribution in [0.15, 0.2) is 42.7 Å². The van der Waals surface area contributed by atoms with Crippen LogP contribution in [0.5, 0.6) is 0 Å². The third kappa shape index (κ3) is 4.00. The van der Waals surface area contributed by atoms with Gasteiger partial charge in [-0.1, -0.05) is 37.3 Å². The Bertz CT molecular complexity index is 448. The van der Waals surface area contributed by atoms with Gasteiger partial charge < -0.3 is 5.32 Å². The van der Waals surface area contributed by atoms with E-state index in [0.717, 1.165) is 26.1 Å².